The third kappa shape index (κ3) is 4.81. The number of rotatable bonds is 5. The molecule has 260 valence electrons. The molecular formula is C53H38N2. The summed E-state index contributed by atoms with van der Waals surface area (Å²) in [4.78, 5) is 2.49. The summed E-state index contributed by atoms with van der Waals surface area (Å²) in [6, 6.07) is 71.5. The standard InChI is InChI=1S/C53H38N2/c1-53(2)47-24-14-13-23-44(47)45-29-28-42(34-48(45)53)54(40-18-5-3-6-19-40)50-33-39-17-11-12-22-43(39)52-51(50)46-32-38(37-26-25-35-15-9-10-16-36(35)31-37)27-30-49(46)55(52)41-20-7-4-8-21-41/h3-34H,1-2H3. The Morgan fingerprint density at radius 3 is 1.93 bits per heavy atom. The highest BCUT2D eigenvalue weighted by molar-refractivity contribution is 6.25. The molecule has 0 aliphatic heterocycles. The number of benzene rings is 9. The van der Waals surface area contributed by atoms with Crippen molar-refractivity contribution in [2.24, 2.45) is 0 Å². The van der Waals surface area contributed by atoms with Gasteiger partial charge in [0.2, 0.25) is 0 Å². The highest BCUT2D eigenvalue weighted by atomic mass is 15.1. The molecule has 0 N–H and O–H groups in total. The molecule has 0 unspecified atom stereocenters. The quantitative estimate of drug-likeness (QED) is 0.173. The molecule has 1 aromatic heterocycles. The van der Waals surface area contributed by atoms with Crippen LogP contribution in [0.2, 0.25) is 0 Å². The number of hydrogen-bond acceptors (Lipinski definition) is 1. The van der Waals surface area contributed by atoms with E-state index >= 15 is 0 Å². The van der Waals surface area contributed by atoms with Crippen molar-refractivity contribution in [3.63, 3.8) is 0 Å². The lowest BCUT2D eigenvalue weighted by molar-refractivity contribution is 0.660. The van der Waals surface area contributed by atoms with Gasteiger partial charge < -0.3 is 9.47 Å². The fraction of sp³-hybridized carbons (Fsp3) is 0.0566. The number of fused-ring (bicyclic) bond motifs is 9. The summed E-state index contributed by atoms with van der Waals surface area (Å²) < 4.78 is 2.48. The zero-order valence-corrected chi connectivity index (χ0v) is 30.9. The van der Waals surface area contributed by atoms with E-state index in [2.05, 4.69) is 217 Å². The van der Waals surface area contributed by atoms with E-state index in [1.54, 1.807) is 0 Å². The van der Waals surface area contributed by atoms with Crippen LogP contribution < -0.4 is 4.90 Å². The second kappa shape index (κ2) is 12.1. The van der Waals surface area contributed by atoms with Crippen LogP contribution in [0.5, 0.6) is 0 Å². The second-order valence-electron chi connectivity index (χ2n) is 15.4. The molecule has 0 spiro atoms. The van der Waals surface area contributed by atoms with Gasteiger partial charge in [-0.1, -0.05) is 147 Å². The molecule has 10 aromatic rings. The molecule has 1 aliphatic rings. The summed E-state index contributed by atoms with van der Waals surface area (Å²) >= 11 is 0. The van der Waals surface area contributed by atoms with Crippen LogP contribution in [0, 0.1) is 0 Å². The predicted molar refractivity (Wildman–Crippen MR) is 233 cm³/mol. The lowest BCUT2D eigenvalue weighted by Gasteiger charge is -2.29. The van der Waals surface area contributed by atoms with E-state index in [4.69, 9.17) is 0 Å². The average molecular weight is 703 g/mol. The number of nitrogens with zero attached hydrogens (tertiary/aromatic N) is 2. The fourth-order valence-electron chi connectivity index (χ4n) is 9.27. The van der Waals surface area contributed by atoms with Gasteiger partial charge in [-0.15, -0.1) is 0 Å². The Bertz CT molecular complexity index is 3120. The Morgan fingerprint density at radius 1 is 0.436 bits per heavy atom. The Morgan fingerprint density at radius 2 is 1.09 bits per heavy atom. The molecule has 11 rings (SSSR count). The van der Waals surface area contributed by atoms with Crippen molar-refractivity contribution in [1.29, 1.82) is 0 Å². The summed E-state index contributed by atoms with van der Waals surface area (Å²) in [5, 5.41) is 7.38. The summed E-state index contributed by atoms with van der Waals surface area (Å²) in [7, 11) is 0. The average Bonchev–Trinajstić information content (AvgIpc) is 3.70. The van der Waals surface area contributed by atoms with Gasteiger partial charge in [-0.3, -0.25) is 0 Å². The Hall–Kier alpha value is -6.90. The minimum atomic E-state index is -0.124. The molecule has 0 saturated heterocycles. The molecule has 9 aromatic carbocycles. The van der Waals surface area contributed by atoms with Gasteiger partial charge in [0.05, 0.1) is 16.7 Å². The summed E-state index contributed by atoms with van der Waals surface area (Å²) in [5.41, 5.74) is 14.6. The minimum Gasteiger partial charge on any atom is -0.310 e. The van der Waals surface area contributed by atoms with Crippen LogP contribution in [0.4, 0.5) is 17.1 Å². The zero-order valence-electron chi connectivity index (χ0n) is 30.9. The molecule has 0 atom stereocenters. The van der Waals surface area contributed by atoms with Gasteiger partial charge in [0.1, 0.15) is 0 Å². The van der Waals surface area contributed by atoms with Crippen molar-refractivity contribution in [3.05, 3.63) is 205 Å². The van der Waals surface area contributed by atoms with Crippen LogP contribution in [-0.2, 0) is 5.41 Å². The molecule has 0 amide bonds. The van der Waals surface area contributed by atoms with Gasteiger partial charge in [-0.2, -0.15) is 0 Å². The van der Waals surface area contributed by atoms with Crippen molar-refractivity contribution in [1.82, 2.24) is 4.57 Å². The first-order valence-electron chi connectivity index (χ1n) is 19.2. The van der Waals surface area contributed by atoms with Gasteiger partial charge in [-0.25, -0.2) is 0 Å². The molecule has 0 fully saturated rings. The topological polar surface area (TPSA) is 8.17 Å². The van der Waals surface area contributed by atoms with Crippen LogP contribution in [-0.4, -0.2) is 4.57 Å². The summed E-state index contributed by atoms with van der Waals surface area (Å²) in [5.74, 6) is 0. The highest BCUT2D eigenvalue weighted by Gasteiger charge is 2.36. The zero-order chi connectivity index (χ0) is 36.7. The van der Waals surface area contributed by atoms with E-state index < -0.39 is 0 Å². The van der Waals surface area contributed by atoms with Gasteiger partial charge >= 0.3 is 0 Å². The Kier molecular flexibility index (Phi) is 6.93. The van der Waals surface area contributed by atoms with Gasteiger partial charge in [0.15, 0.2) is 0 Å². The number of aromatic nitrogens is 1. The lowest BCUT2D eigenvalue weighted by atomic mass is 9.82. The SMILES string of the molecule is CC1(C)c2ccccc2-c2ccc(N(c3ccccc3)c3cc4ccccc4c4c3c3cc(-c5ccc6ccccc6c5)ccc3n4-c3ccccc3)cc21. The van der Waals surface area contributed by atoms with E-state index in [0.717, 1.165) is 22.7 Å². The largest absolute Gasteiger partial charge is 0.310 e. The normalized spacial score (nSPS) is 13.1. The van der Waals surface area contributed by atoms with Crippen molar-refractivity contribution in [3.8, 4) is 27.9 Å². The molecular weight excluding hydrogens is 665 g/mol. The monoisotopic (exact) mass is 702 g/mol. The smallest absolute Gasteiger partial charge is 0.0640 e. The first kappa shape index (κ1) is 31.6. The molecule has 1 aliphatic carbocycles. The number of anilines is 3. The third-order valence-electron chi connectivity index (χ3n) is 11.9. The van der Waals surface area contributed by atoms with Crippen molar-refractivity contribution in [2.75, 3.05) is 4.90 Å². The van der Waals surface area contributed by atoms with Crippen LogP contribution in [0.15, 0.2) is 194 Å². The highest BCUT2D eigenvalue weighted by Crippen LogP contribution is 2.52. The van der Waals surface area contributed by atoms with Gasteiger partial charge in [-0.05, 0) is 110 Å². The van der Waals surface area contributed by atoms with Crippen LogP contribution in [0.25, 0.3) is 71.3 Å². The van der Waals surface area contributed by atoms with E-state index in [9.17, 15) is 0 Å². The van der Waals surface area contributed by atoms with Gasteiger partial charge in [0.25, 0.3) is 0 Å². The summed E-state index contributed by atoms with van der Waals surface area (Å²) in [6.07, 6.45) is 0. The van der Waals surface area contributed by atoms with Gasteiger partial charge in [0, 0.05) is 38.6 Å². The molecule has 1 heterocycles. The molecule has 2 nitrogen and oxygen atoms in total. The van der Waals surface area contributed by atoms with Crippen LogP contribution in [0.1, 0.15) is 25.0 Å². The molecule has 0 saturated carbocycles. The Balaban J connectivity index is 1.25. The summed E-state index contributed by atoms with van der Waals surface area (Å²) in [6.45, 7) is 4.73. The van der Waals surface area contributed by atoms with E-state index in [1.165, 1.54) is 76.7 Å². The number of para-hydroxylation sites is 2. The minimum absolute atomic E-state index is 0.124. The van der Waals surface area contributed by atoms with Crippen molar-refractivity contribution >= 4 is 60.4 Å². The maximum atomic E-state index is 2.49. The maximum Gasteiger partial charge on any atom is 0.0640 e. The van der Waals surface area contributed by atoms with Crippen LogP contribution in [0.3, 0.4) is 0 Å². The maximum absolute atomic E-state index is 2.49. The lowest BCUT2D eigenvalue weighted by Crippen LogP contribution is -2.16. The van der Waals surface area contributed by atoms with Crippen molar-refractivity contribution < 1.29 is 0 Å². The first-order valence-corrected chi connectivity index (χ1v) is 19.2. The molecule has 0 radical (unpaired) electrons. The Labute approximate surface area is 321 Å². The predicted octanol–water partition coefficient (Wildman–Crippen LogP) is 14.5. The molecule has 55 heavy (non-hydrogen) atoms. The van der Waals surface area contributed by atoms with Crippen LogP contribution >= 0.6 is 0 Å². The van der Waals surface area contributed by atoms with Crippen molar-refractivity contribution in [2.45, 2.75) is 19.3 Å². The van der Waals surface area contributed by atoms with E-state index in [1.807, 2.05) is 0 Å². The fourth-order valence-corrected chi connectivity index (χ4v) is 9.27. The molecule has 0 bridgehead atoms. The second-order valence-corrected chi connectivity index (χ2v) is 15.4. The first-order chi connectivity index (χ1) is 27.0. The van der Waals surface area contributed by atoms with E-state index in [0.29, 0.717) is 0 Å². The molecule has 2 heteroatoms. The van der Waals surface area contributed by atoms with E-state index in [-0.39, 0.29) is 5.41 Å². The number of hydrogen-bond donors (Lipinski definition) is 0. The third-order valence-corrected chi connectivity index (χ3v) is 11.9.